The number of benzene rings is 1. The molecule has 1 aromatic rings. The van der Waals surface area contributed by atoms with E-state index in [2.05, 4.69) is 45.4 Å². The fourth-order valence-electron chi connectivity index (χ4n) is 5.02. The molecule has 1 aliphatic carbocycles. The monoisotopic (exact) mass is 329 g/mol. The molecule has 2 N–H and O–H groups in total. The van der Waals surface area contributed by atoms with Gasteiger partial charge in [0.2, 0.25) is 0 Å². The quantitative estimate of drug-likeness (QED) is 0.894. The van der Waals surface area contributed by atoms with Crippen molar-refractivity contribution in [2.24, 2.45) is 0 Å². The topological polar surface area (TPSA) is 38.7 Å². The first kappa shape index (κ1) is 16.5. The Morgan fingerprint density at radius 2 is 1.75 bits per heavy atom. The van der Waals surface area contributed by atoms with Gasteiger partial charge in [-0.2, -0.15) is 0 Å². The molecule has 3 aliphatic rings. The summed E-state index contributed by atoms with van der Waals surface area (Å²) in [5, 5.41) is 13.8. The molecule has 2 heterocycles. The van der Waals surface area contributed by atoms with Crippen molar-refractivity contribution in [3.63, 3.8) is 0 Å². The van der Waals surface area contributed by atoms with Crippen LogP contribution in [0.4, 0.5) is 0 Å². The number of rotatable bonds is 3. The lowest BCUT2D eigenvalue weighted by Gasteiger charge is -2.47. The molecular weight excluding hydrogens is 298 g/mol. The highest BCUT2D eigenvalue weighted by molar-refractivity contribution is 5.16. The summed E-state index contributed by atoms with van der Waals surface area (Å²) in [5.41, 5.74) is 1.32. The standard InChI is InChI=1S/C20H31N3O/c24-19-16-23(15-17-7-3-1-4-8-17)20(21-19)11-13-22(14-12-20)18-9-5-2-6-10-18/h1,3-4,7-8,18-19,21,24H,2,5-6,9-16H2. The van der Waals surface area contributed by atoms with E-state index in [0.717, 1.165) is 45.1 Å². The van der Waals surface area contributed by atoms with Crippen LogP contribution in [0.25, 0.3) is 0 Å². The van der Waals surface area contributed by atoms with Crippen LogP contribution in [-0.4, -0.2) is 52.5 Å². The van der Waals surface area contributed by atoms with Crippen molar-refractivity contribution >= 4 is 0 Å². The molecule has 4 rings (SSSR count). The molecule has 1 atom stereocenters. The molecule has 0 aromatic heterocycles. The second-order valence-corrected chi connectivity index (χ2v) is 7.89. The molecule has 1 unspecified atom stereocenters. The van der Waals surface area contributed by atoms with Crippen LogP contribution in [-0.2, 0) is 6.54 Å². The van der Waals surface area contributed by atoms with E-state index < -0.39 is 6.23 Å². The fraction of sp³-hybridized carbons (Fsp3) is 0.700. The first-order chi connectivity index (χ1) is 11.8. The van der Waals surface area contributed by atoms with Crippen LogP contribution >= 0.6 is 0 Å². The van der Waals surface area contributed by atoms with Crippen molar-refractivity contribution in [2.75, 3.05) is 19.6 Å². The molecule has 3 fully saturated rings. The minimum absolute atomic E-state index is 0.0135. The normalized spacial score (nSPS) is 29.3. The average molecular weight is 329 g/mol. The zero-order chi connectivity index (χ0) is 16.4. The van der Waals surface area contributed by atoms with Gasteiger partial charge >= 0.3 is 0 Å². The van der Waals surface area contributed by atoms with Crippen molar-refractivity contribution in [2.45, 2.75) is 69.4 Å². The SMILES string of the molecule is OC1CN(Cc2ccccc2)C2(CCN(C3CCCCC3)CC2)N1. The fourth-order valence-corrected chi connectivity index (χ4v) is 5.02. The highest BCUT2D eigenvalue weighted by Crippen LogP contribution is 2.35. The van der Waals surface area contributed by atoms with E-state index in [-0.39, 0.29) is 5.66 Å². The van der Waals surface area contributed by atoms with Crippen molar-refractivity contribution in [3.05, 3.63) is 35.9 Å². The van der Waals surface area contributed by atoms with Gasteiger partial charge < -0.3 is 10.0 Å². The van der Waals surface area contributed by atoms with Crippen molar-refractivity contribution in [3.8, 4) is 0 Å². The van der Waals surface area contributed by atoms with Gasteiger partial charge in [-0.05, 0) is 31.2 Å². The van der Waals surface area contributed by atoms with Crippen LogP contribution < -0.4 is 5.32 Å². The van der Waals surface area contributed by atoms with E-state index >= 15 is 0 Å². The molecule has 2 saturated heterocycles. The second-order valence-electron chi connectivity index (χ2n) is 7.89. The molecular formula is C20H31N3O. The lowest BCUT2D eigenvalue weighted by molar-refractivity contribution is 0.00932. The Labute approximate surface area is 145 Å². The lowest BCUT2D eigenvalue weighted by atomic mass is 9.89. The Morgan fingerprint density at radius 3 is 2.46 bits per heavy atom. The highest BCUT2D eigenvalue weighted by atomic mass is 16.3. The number of piperidine rings is 1. The number of hydrogen-bond acceptors (Lipinski definition) is 4. The van der Waals surface area contributed by atoms with Gasteiger partial charge in [-0.1, -0.05) is 49.6 Å². The summed E-state index contributed by atoms with van der Waals surface area (Å²) in [4.78, 5) is 5.20. The first-order valence-corrected chi connectivity index (χ1v) is 9.74. The maximum absolute atomic E-state index is 10.2. The molecule has 4 heteroatoms. The van der Waals surface area contributed by atoms with Crippen molar-refractivity contribution < 1.29 is 5.11 Å². The van der Waals surface area contributed by atoms with Crippen LogP contribution in [0.2, 0.25) is 0 Å². The molecule has 2 aliphatic heterocycles. The summed E-state index contributed by atoms with van der Waals surface area (Å²) < 4.78 is 0. The molecule has 24 heavy (non-hydrogen) atoms. The van der Waals surface area contributed by atoms with Crippen LogP contribution in [0, 0.1) is 0 Å². The Hall–Kier alpha value is -0.940. The maximum Gasteiger partial charge on any atom is 0.119 e. The second kappa shape index (κ2) is 7.12. The zero-order valence-corrected chi connectivity index (χ0v) is 14.7. The number of nitrogens with zero attached hydrogens (tertiary/aromatic N) is 2. The number of aliphatic hydroxyl groups excluding tert-OH is 1. The summed E-state index contributed by atoms with van der Waals surface area (Å²) in [6, 6.07) is 11.5. The molecule has 4 nitrogen and oxygen atoms in total. The van der Waals surface area contributed by atoms with Gasteiger partial charge in [-0.15, -0.1) is 0 Å². The minimum Gasteiger partial charge on any atom is -0.377 e. The van der Waals surface area contributed by atoms with Gasteiger partial charge in [0.1, 0.15) is 6.23 Å². The van der Waals surface area contributed by atoms with Gasteiger partial charge in [0, 0.05) is 32.2 Å². The summed E-state index contributed by atoms with van der Waals surface area (Å²) in [6.07, 6.45) is 8.85. The van der Waals surface area contributed by atoms with Gasteiger partial charge in [0.15, 0.2) is 0 Å². The van der Waals surface area contributed by atoms with Gasteiger partial charge in [-0.3, -0.25) is 10.2 Å². The van der Waals surface area contributed by atoms with E-state index in [1.807, 2.05) is 0 Å². The van der Waals surface area contributed by atoms with E-state index in [4.69, 9.17) is 0 Å². The highest BCUT2D eigenvalue weighted by Gasteiger charge is 2.46. The molecule has 0 bridgehead atoms. The van der Waals surface area contributed by atoms with E-state index in [0.29, 0.717) is 0 Å². The number of hydrogen-bond donors (Lipinski definition) is 2. The lowest BCUT2D eigenvalue weighted by Crippen LogP contribution is -2.59. The van der Waals surface area contributed by atoms with Gasteiger partial charge in [0.05, 0.1) is 5.66 Å². The molecule has 0 amide bonds. The van der Waals surface area contributed by atoms with Crippen LogP contribution in [0.15, 0.2) is 30.3 Å². The predicted octanol–water partition coefficient (Wildman–Crippen LogP) is 2.54. The number of likely N-dealkylation sites (tertiary alicyclic amines) is 1. The smallest absolute Gasteiger partial charge is 0.119 e. The Kier molecular flexibility index (Phi) is 4.90. The average Bonchev–Trinajstić information content (AvgIpc) is 2.92. The number of β-amino-alcohol motifs (C(OH)–C–C–N with tert-alkyl or cyclic N) is 1. The summed E-state index contributed by atoms with van der Waals surface area (Å²) >= 11 is 0. The van der Waals surface area contributed by atoms with E-state index in [9.17, 15) is 5.11 Å². The van der Waals surface area contributed by atoms with Gasteiger partial charge in [0.25, 0.3) is 0 Å². The summed E-state index contributed by atoms with van der Waals surface area (Å²) in [7, 11) is 0. The Morgan fingerprint density at radius 1 is 1.04 bits per heavy atom. The molecule has 1 aromatic carbocycles. The predicted molar refractivity (Wildman–Crippen MR) is 96.4 cm³/mol. The third-order valence-electron chi connectivity index (χ3n) is 6.37. The molecule has 132 valence electrons. The molecule has 1 spiro atoms. The Balaban J connectivity index is 1.41. The van der Waals surface area contributed by atoms with Crippen LogP contribution in [0.3, 0.4) is 0 Å². The Bertz CT molecular complexity index is 521. The minimum atomic E-state index is -0.394. The van der Waals surface area contributed by atoms with Crippen LogP contribution in [0.5, 0.6) is 0 Å². The third-order valence-corrected chi connectivity index (χ3v) is 6.37. The maximum atomic E-state index is 10.2. The summed E-state index contributed by atoms with van der Waals surface area (Å²) in [6.45, 7) is 3.98. The molecule has 0 radical (unpaired) electrons. The first-order valence-electron chi connectivity index (χ1n) is 9.74. The van der Waals surface area contributed by atoms with Crippen LogP contribution in [0.1, 0.15) is 50.5 Å². The number of nitrogens with one attached hydrogen (secondary N) is 1. The zero-order valence-electron chi connectivity index (χ0n) is 14.7. The van der Waals surface area contributed by atoms with Crippen molar-refractivity contribution in [1.82, 2.24) is 15.1 Å². The van der Waals surface area contributed by atoms with Gasteiger partial charge in [-0.25, -0.2) is 0 Å². The molecule has 1 saturated carbocycles. The third kappa shape index (κ3) is 3.38. The largest absolute Gasteiger partial charge is 0.377 e. The van der Waals surface area contributed by atoms with E-state index in [1.54, 1.807) is 0 Å². The van der Waals surface area contributed by atoms with E-state index in [1.165, 1.54) is 37.7 Å². The van der Waals surface area contributed by atoms with Crippen molar-refractivity contribution in [1.29, 1.82) is 0 Å². The summed E-state index contributed by atoms with van der Waals surface area (Å²) in [5.74, 6) is 0. The number of aliphatic hydroxyl groups is 1.